The maximum absolute atomic E-state index is 12.3. The molecule has 1 amide bonds. The van der Waals surface area contributed by atoms with Gasteiger partial charge in [0.05, 0.1) is 5.69 Å². The minimum Gasteiger partial charge on any atom is -0.310 e. The van der Waals surface area contributed by atoms with Crippen LogP contribution in [0.5, 0.6) is 0 Å². The molecule has 3 rings (SSSR count). The number of anilines is 1. The number of rotatable bonds is 4. The van der Waals surface area contributed by atoms with Gasteiger partial charge in [-0.25, -0.2) is 9.97 Å². The topological polar surface area (TPSA) is 72.7 Å². The van der Waals surface area contributed by atoms with Crippen molar-refractivity contribution in [3.63, 3.8) is 0 Å². The number of pyridine rings is 2. The van der Waals surface area contributed by atoms with Gasteiger partial charge in [-0.2, -0.15) is 5.10 Å². The molecule has 3 aromatic heterocycles. The van der Waals surface area contributed by atoms with Gasteiger partial charge in [-0.3, -0.25) is 9.48 Å². The average Bonchev–Trinajstić information content (AvgIpc) is 2.83. The Hall–Kier alpha value is -2.76. The molecule has 0 aliphatic carbocycles. The highest BCUT2D eigenvalue weighted by molar-refractivity contribution is 5.91. The van der Waals surface area contributed by atoms with Gasteiger partial charge in [0.1, 0.15) is 5.82 Å². The highest BCUT2D eigenvalue weighted by atomic mass is 16.1. The zero-order valence-electron chi connectivity index (χ0n) is 15.3. The molecule has 0 radical (unpaired) electrons. The normalized spacial score (nSPS) is 11.1. The smallest absolute Gasteiger partial charge is 0.225 e. The first-order valence-electron chi connectivity index (χ1n) is 8.39. The van der Waals surface area contributed by atoms with E-state index < -0.39 is 0 Å². The Bertz CT molecular complexity index is 958. The summed E-state index contributed by atoms with van der Waals surface area (Å²) in [6.07, 6.45) is 2.72. The van der Waals surface area contributed by atoms with E-state index in [2.05, 4.69) is 27.3 Å². The molecule has 0 spiro atoms. The molecule has 3 heterocycles. The first-order valence-corrected chi connectivity index (χ1v) is 8.39. The summed E-state index contributed by atoms with van der Waals surface area (Å²) in [5, 5.41) is 8.43. The van der Waals surface area contributed by atoms with Gasteiger partial charge in [-0.1, -0.05) is 6.07 Å². The summed E-state index contributed by atoms with van der Waals surface area (Å²) in [4.78, 5) is 21.2. The predicted molar refractivity (Wildman–Crippen MR) is 98.6 cm³/mol. The molecule has 0 aliphatic heterocycles. The molecule has 3 aromatic rings. The summed E-state index contributed by atoms with van der Waals surface area (Å²) in [5.74, 6) is 0.584. The maximum atomic E-state index is 12.3. The number of aromatic nitrogens is 4. The zero-order chi connectivity index (χ0) is 18.1. The van der Waals surface area contributed by atoms with Crippen LogP contribution in [-0.4, -0.2) is 25.7 Å². The fourth-order valence-electron chi connectivity index (χ4n) is 3.28. The SMILES string of the molecule is Cc1cccnc1NC(=O)CCc1c(C)nc2c(c(C)nn2C)c1C. The molecule has 1 N–H and O–H groups in total. The van der Waals surface area contributed by atoms with E-state index in [0.717, 1.165) is 39.1 Å². The van der Waals surface area contributed by atoms with Crippen LogP contribution < -0.4 is 5.32 Å². The fraction of sp³-hybridized carbons (Fsp3) is 0.368. The van der Waals surface area contributed by atoms with E-state index in [1.54, 1.807) is 6.20 Å². The summed E-state index contributed by atoms with van der Waals surface area (Å²) in [7, 11) is 1.91. The third-order valence-electron chi connectivity index (χ3n) is 4.60. The summed E-state index contributed by atoms with van der Waals surface area (Å²) >= 11 is 0. The number of carbonyl (C=O) groups excluding carboxylic acids is 1. The lowest BCUT2D eigenvalue weighted by molar-refractivity contribution is -0.116. The molecule has 0 aromatic carbocycles. The second-order valence-corrected chi connectivity index (χ2v) is 6.43. The Morgan fingerprint density at radius 2 is 1.96 bits per heavy atom. The van der Waals surface area contributed by atoms with Gasteiger partial charge < -0.3 is 5.32 Å². The lowest BCUT2D eigenvalue weighted by Gasteiger charge is -2.11. The molecule has 130 valence electrons. The van der Waals surface area contributed by atoms with E-state index >= 15 is 0 Å². The van der Waals surface area contributed by atoms with Gasteiger partial charge in [0.2, 0.25) is 5.91 Å². The average molecular weight is 337 g/mol. The van der Waals surface area contributed by atoms with Crippen molar-refractivity contribution in [2.45, 2.75) is 40.5 Å². The van der Waals surface area contributed by atoms with Gasteiger partial charge in [-0.05, 0) is 56.9 Å². The molecule has 6 heteroatoms. The number of nitrogens with zero attached hydrogens (tertiary/aromatic N) is 4. The summed E-state index contributed by atoms with van der Waals surface area (Å²) in [6.45, 7) is 8.00. The second-order valence-electron chi connectivity index (χ2n) is 6.43. The minimum absolute atomic E-state index is 0.0383. The molecule has 0 bridgehead atoms. The molecule has 0 saturated heterocycles. The van der Waals surface area contributed by atoms with Gasteiger partial charge in [0.25, 0.3) is 0 Å². The van der Waals surface area contributed by atoms with Gasteiger partial charge in [0.15, 0.2) is 5.65 Å². The van der Waals surface area contributed by atoms with Crippen LogP contribution in [0, 0.1) is 27.7 Å². The summed E-state index contributed by atoms with van der Waals surface area (Å²) < 4.78 is 1.81. The number of nitrogens with one attached hydrogen (secondary N) is 1. The molecular formula is C19H23N5O. The maximum Gasteiger partial charge on any atom is 0.225 e. The fourth-order valence-corrected chi connectivity index (χ4v) is 3.28. The van der Waals surface area contributed by atoms with Crippen molar-refractivity contribution in [3.05, 3.63) is 46.4 Å². The lowest BCUT2D eigenvalue weighted by Crippen LogP contribution is -2.15. The molecule has 0 saturated carbocycles. The quantitative estimate of drug-likeness (QED) is 0.793. The molecule has 0 unspecified atom stereocenters. The first kappa shape index (κ1) is 17.1. The monoisotopic (exact) mass is 337 g/mol. The highest BCUT2D eigenvalue weighted by Gasteiger charge is 2.16. The van der Waals surface area contributed by atoms with E-state index in [1.807, 2.05) is 44.6 Å². The summed E-state index contributed by atoms with van der Waals surface area (Å²) in [5.41, 5.74) is 6.06. The number of amides is 1. The van der Waals surface area contributed by atoms with E-state index in [0.29, 0.717) is 18.7 Å². The van der Waals surface area contributed by atoms with Gasteiger partial charge in [0, 0.05) is 30.7 Å². The van der Waals surface area contributed by atoms with Crippen LogP contribution in [0.3, 0.4) is 0 Å². The van der Waals surface area contributed by atoms with Crippen LogP contribution >= 0.6 is 0 Å². The van der Waals surface area contributed by atoms with Crippen LogP contribution in [0.2, 0.25) is 0 Å². The third kappa shape index (κ3) is 3.24. The van der Waals surface area contributed by atoms with Crippen molar-refractivity contribution in [1.29, 1.82) is 0 Å². The van der Waals surface area contributed by atoms with E-state index in [9.17, 15) is 4.79 Å². The van der Waals surface area contributed by atoms with Crippen LogP contribution in [0.1, 0.15) is 34.5 Å². The Labute approximate surface area is 147 Å². The number of hydrogen-bond acceptors (Lipinski definition) is 4. The van der Waals surface area contributed by atoms with Crippen molar-refractivity contribution in [3.8, 4) is 0 Å². The van der Waals surface area contributed by atoms with Crippen molar-refractivity contribution < 1.29 is 4.79 Å². The molecule has 0 aliphatic rings. The van der Waals surface area contributed by atoms with Crippen molar-refractivity contribution in [2.24, 2.45) is 7.05 Å². The van der Waals surface area contributed by atoms with E-state index in [-0.39, 0.29) is 5.91 Å². The summed E-state index contributed by atoms with van der Waals surface area (Å²) in [6, 6.07) is 3.79. The largest absolute Gasteiger partial charge is 0.310 e. The van der Waals surface area contributed by atoms with E-state index in [4.69, 9.17) is 0 Å². The Balaban J connectivity index is 1.80. The van der Waals surface area contributed by atoms with E-state index in [1.165, 1.54) is 0 Å². The van der Waals surface area contributed by atoms with Crippen LogP contribution in [0.15, 0.2) is 18.3 Å². The Kier molecular flexibility index (Phi) is 4.53. The Morgan fingerprint density at radius 1 is 1.20 bits per heavy atom. The lowest BCUT2D eigenvalue weighted by atomic mass is 9.99. The molecular weight excluding hydrogens is 314 g/mol. The van der Waals surface area contributed by atoms with Crippen molar-refractivity contribution >= 4 is 22.8 Å². The van der Waals surface area contributed by atoms with Crippen LogP contribution in [-0.2, 0) is 18.3 Å². The molecule has 0 atom stereocenters. The zero-order valence-corrected chi connectivity index (χ0v) is 15.3. The Morgan fingerprint density at radius 3 is 2.68 bits per heavy atom. The van der Waals surface area contributed by atoms with Crippen molar-refractivity contribution in [1.82, 2.24) is 19.7 Å². The predicted octanol–water partition coefficient (Wildman–Crippen LogP) is 3.17. The van der Waals surface area contributed by atoms with Crippen molar-refractivity contribution in [2.75, 3.05) is 5.32 Å². The second kappa shape index (κ2) is 6.63. The number of carbonyl (C=O) groups is 1. The van der Waals surface area contributed by atoms with Crippen LogP contribution in [0.4, 0.5) is 5.82 Å². The van der Waals surface area contributed by atoms with Gasteiger partial charge in [-0.15, -0.1) is 0 Å². The standard InChI is InChI=1S/C19H23N5O/c1-11-7-6-10-20-18(11)22-16(25)9-8-15-12(2)17-14(4)23-24(5)19(17)21-13(15)3/h6-7,10H,8-9H2,1-5H3,(H,20,22,25). The molecule has 6 nitrogen and oxygen atoms in total. The number of fused-ring (bicyclic) bond motifs is 1. The van der Waals surface area contributed by atoms with Gasteiger partial charge >= 0.3 is 0 Å². The first-order chi connectivity index (χ1) is 11.9. The third-order valence-corrected chi connectivity index (χ3v) is 4.60. The molecule has 0 fully saturated rings. The number of hydrogen-bond donors (Lipinski definition) is 1. The number of aryl methyl sites for hydroxylation is 5. The molecule has 25 heavy (non-hydrogen) atoms. The minimum atomic E-state index is -0.0383. The highest BCUT2D eigenvalue weighted by Crippen LogP contribution is 2.26. The van der Waals surface area contributed by atoms with Crippen LogP contribution in [0.25, 0.3) is 11.0 Å².